The molecule has 0 aliphatic carbocycles. The van der Waals surface area contributed by atoms with Gasteiger partial charge in [0.1, 0.15) is 5.66 Å². The highest BCUT2D eigenvalue weighted by atomic mass is 16.2. The molecule has 1 fully saturated rings. The fourth-order valence-electron chi connectivity index (χ4n) is 4.72. The zero-order valence-electron chi connectivity index (χ0n) is 18.1. The summed E-state index contributed by atoms with van der Waals surface area (Å²) in [7, 11) is 4.09. The van der Waals surface area contributed by atoms with E-state index in [4.69, 9.17) is 0 Å². The van der Waals surface area contributed by atoms with Crippen LogP contribution in [0.3, 0.4) is 0 Å². The molecular weight excluding hydrogens is 358 g/mol. The van der Waals surface area contributed by atoms with E-state index in [1.165, 1.54) is 22.5 Å². The van der Waals surface area contributed by atoms with Gasteiger partial charge in [0.25, 0.3) is 0 Å². The zero-order chi connectivity index (χ0) is 20.8. The first-order chi connectivity index (χ1) is 13.8. The molecule has 1 saturated heterocycles. The minimum absolute atomic E-state index is 0.116. The minimum Gasteiger partial charge on any atom is -0.378 e. The van der Waals surface area contributed by atoms with Crippen molar-refractivity contribution >= 4 is 23.4 Å². The quantitative estimate of drug-likeness (QED) is 0.845. The lowest BCUT2D eigenvalue weighted by Gasteiger charge is -2.49. The maximum Gasteiger partial charge on any atom is 0.223 e. The average molecular weight is 390 g/mol. The normalized spacial score (nSPS) is 22.4. The van der Waals surface area contributed by atoms with Crippen LogP contribution in [0.5, 0.6) is 0 Å². The van der Waals surface area contributed by atoms with Gasteiger partial charge in [-0.05, 0) is 47.4 Å². The largest absolute Gasteiger partial charge is 0.378 e. The number of nitrogens with one attached hydrogen (secondary N) is 1. The third-order valence-electron chi connectivity index (χ3n) is 6.63. The maximum absolute atomic E-state index is 12.5. The minimum atomic E-state index is -0.558. The number of aryl methyl sites for hydroxylation is 1. The molecule has 2 aromatic rings. The van der Waals surface area contributed by atoms with Crippen molar-refractivity contribution in [3.8, 4) is 0 Å². The molecule has 0 saturated carbocycles. The maximum atomic E-state index is 12.5. The van der Waals surface area contributed by atoms with Crippen LogP contribution < -0.4 is 15.1 Å². The van der Waals surface area contributed by atoms with E-state index in [1.807, 2.05) is 14.1 Å². The molecular formula is C25H31N3O. The van der Waals surface area contributed by atoms with Crippen LogP contribution in [0.1, 0.15) is 43.9 Å². The lowest BCUT2D eigenvalue weighted by molar-refractivity contribution is -0.124. The van der Waals surface area contributed by atoms with Gasteiger partial charge in [0.15, 0.2) is 0 Å². The second-order valence-electron chi connectivity index (χ2n) is 8.87. The molecule has 0 aromatic heterocycles. The van der Waals surface area contributed by atoms with E-state index >= 15 is 0 Å². The molecule has 2 aliphatic rings. The third-order valence-corrected chi connectivity index (χ3v) is 6.63. The standard InChI is InChI=1S/C25H31N3O/c1-6-18-9-12-22-21(17-18)24(2,3)25(26-23(29)14-16-28(22)25)15-13-19-7-10-20(11-8-19)27(4)5/h7-13,15,17H,6,14,16H2,1-5H3,(H,26,29)/b15-13+/t25-/m1/s1. The first kappa shape index (κ1) is 19.6. The fourth-order valence-corrected chi connectivity index (χ4v) is 4.72. The van der Waals surface area contributed by atoms with Gasteiger partial charge >= 0.3 is 0 Å². The highest BCUT2D eigenvalue weighted by molar-refractivity contribution is 5.84. The molecule has 2 heterocycles. The summed E-state index contributed by atoms with van der Waals surface area (Å²) in [6.07, 6.45) is 5.88. The monoisotopic (exact) mass is 389 g/mol. The van der Waals surface area contributed by atoms with E-state index in [-0.39, 0.29) is 11.3 Å². The number of fused-ring (bicyclic) bond motifs is 3. The molecule has 0 spiro atoms. The van der Waals surface area contributed by atoms with Crippen molar-refractivity contribution in [1.29, 1.82) is 0 Å². The van der Waals surface area contributed by atoms with Gasteiger partial charge in [0.2, 0.25) is 5.91 Å². The molecule has 1 amide bonds. The van der Waals surface area contributed by atoms with Gasteiger partial charge in [-0.15, -0.1) is 0 Å². The molecule has 0 unspecified atom stereocenters. The van der Waals surface area contributed by atoms with Crippen molar-refractivity contribution in [2.24, 2.45) is 0 Å². The Morgan fingerprint density at radius 1 is 1.14 bits per heavy atom. The van der Waals surface area contributed by atoms with Crippen LogP contribution in [-0.4, -0.2) is 32.2 Å². The molecule has 2 aliphatic heterocycles. The third kappa shape index (κ3) is 3.02. The van der Waals surface area contributed by atoms with Crippen molar-refractivity contribution in [1.82, 2.24) is 5.32 Å². The van der Waals surface area contributed by atoms with Crippen molar-refractivity contribution < 1.29 is 4.79 Å². The number of rotatable bonds is 4. The first-order valence-corrected chi connectivity index (χ1v) is 10.5. The highest BCUT2D eigenvalue weighted by Gasteiger charge is 2.57. The lowest BCUT2D eigenvalue weighted by Crippen LogP contribution is -2.68. The van der Waals surface area contributed by atoms with Crippen molar-refractivity contribution in [3.05, 3.63) is 65.2 Å². The van der Waals surface area contributed by atoms with Crippen LogP contribution >= 0.6 is 0 Å². The Hall–Kier alpha value is -2.75. The van der Waals surface area contributed by atoms with E-state index in [9.17, 15) is 4.79 Å². The van der Waals surface area contributed by atoms with Crippen LogP contribution in [0.25, 0.3) is 6.08 Å². The Labute approximate surface area is 174 Å². The Morgan fingerprint density at radius 3 is 2.52 bits per heavy atom. The summed E-state index contributed by atoms with van der Waals surface area (Å²) in [5.41, 5.74) is 5.38. The van der Waals surface area contributed by atoms with Gasteiger partial charge in [-0.2, -0.15) is 0 Å². The predicted octanol–water partition coefficient (Wildman–Crippen LogP) is 4.34. The lowest BCUT2D eigenvalue weighted by atomic mass is 9.74. The summed E-state index contributed by atoms with van der Waals surface area (Å²) < 4.78 is 0. The Morgan fingerprint density at radius 2 is 1.86 bits per heavy atom. The summed E-state index contributed by atoms with van der Waals surface area (Å²) in [5.74, 6) is 0.116. The van der Waals surface area contributed by atoms with Crippen LogP contribution in [-0.2, 0) is 16.6 Å². The van der Waals surface area contributed by atoms with Gasteiger partial charge in [0.05, 0.1) is 0 Å². The fraction of sp³-hybridized carbons (Fsp3) is 0.400. The van der Waals surface area contributed by atoms with Gasteiger partial charge < -0.3 is 15.1 Å². The van der Waals surface area contributed by atoms with Gasteiger partial charge in [-0.3, -0.25) is 4.79 Å². The van der Waals surface area contributed by atoms with Crippen molar-refractivity contribution in [2.75, 3.05) is 30.4 Å². The van der Waals surface area contributed by atoms with E-state index < -0.39 is 5.66 Å². The molecule has 4 nitrogen and oxygen atoms in total. The van der Waals surface area contributed by atoms with E-state index in [1.54, 1.807) is 0 Å². The van der Waals surface area contributed by atoms with Crippen LogP contribution in [0, 0.1) is 0 Å². The molecule has 0 bridgehead atoms. The number of nitrogens with zero attached hydrogens (tertiary/aromatic N) is 2. The number of hydrogen-bond acceptors (Lipinski definition) is 3. The van der Waals surface area contributed by atoms with Gasteiger partial charge in [-0.25, -0.2) is 0 Å². The zero-order valence-corrected chi connectivity index (χ0v) is 18.1. The Bertz CT molecular complexity index is 959. The van der Waals surface area contributed by atoms with E-state index in [0.717, 1.165) is 18.5 Å². The average Bonchev–Trinajstić information content (AvgIpc) is 2.90. The van der Waals surface area contributed by atoms with E-state index in [0.29, 0.717) is 6.42 Å². The number of carbonyl (C=O) groups excluding carboxylic acids is 1. The predicted molar refractivity (Wildman–Crippen MR) is 121 cm³/mol. The second-order valence-corrected chi connectivity index (χ2v) is 8.87. The SMILES string of the molecule is CCc1ccc2c(c1)C(C)(C)[C@]1(/C=C/c3ccc(N(C)C)cc3)NC(=O)CCN21. The van der Waals surface area contributed by atoms with Crippen LogP contribution in [0.2, 0.25) is 0 Å². The summed E-state index contributed by atoms with van der Waals surface area (Å²) >= 11 is 0. The van der Waals surface area contributed by atoms with Crippen molar-refractivity contribution in [3.63, 3.8) is 0 Å². The highest BCUT2D eigenvalue weighted by Crippen LogP contribution is 2.52. The molecule has 29 heavy (non-hydrogen) atoms. The van der Waals surface area contributed by atoms with Crippen LogP contribution in [0.4, 0.5) is 11.4 Å². The number of amides is 1. The molecule has 1 atom stereocenters. The van der Waals surface area contributed by atoms with Crippen molar-refractivity contribution in [2.45, 2.75) is 44.7 Å². The topological polar surface area (TPSA) is 35.6 Å². The molecule has 0 radical (unpaired) electrons. The summed E-state index contributed by atoms with van der Waals surface area (Å²) in [6.45, 7) is 7.41. The smallest absolute Gasteiger partial charge is 0.223 e. The summed E-state index contributed by atoms with van der Waals surface area (Å²) in [4.78, 5) is 17.0. The Balaban J connectivity index is 1.78. The van der Waals surface area contributed by atoms with E-state index in [2.05, 4.69) is 90.5 Å². The molecule has 2 aromatic carbocycles. The van der Waals surface area contributed by atoms with Crippen LogP contribution in [0.15, 0.2) is 48.5 Å². The summed E-state index contributed by atoms with van der Waals surface area (Å²) in [5, 5.41) is 3.36. The Kier molecular flexibility index (Phi) is 4.68. The van der Waals surface area contributed by atoms with Gasteiger partial charge in [0, 0.05) is 43.9 Å². The van der Waals surface area contributed by atoms with Gasteiger partial charge in [-0.1, -0.05) is 51.1 Å². The second kappa shape index (κ2) is 6.94. The molecule has 152 valence electrons. The molecule has 4 heteroatoms. The number of anilines is 2. The number of carbonyl (C=O) groups is 1. The number of benzene rings is 2. The molecule has 1 N–H and O–H groups in total. The number of hydrogen-bond donors (Lipinski definition) is 1. The first-order valence-electron chi connectivity index (χ1n) is 10.5. The molecule has 4 rings (SSSR count). The summed E-state index contributed by atoms with van der Waals surface area (Å²) in [6, 6.07) is 15.3.